The molecule has 0 saturated carbocycles. The van der Waals surface area contributed by atoms with Crippen LogP contribution in [0.25, 0.3) is 11.1 Å². The lowest BCUT2D eigenvalue weighted by molar-refractivity contribution is 0.456. The van der Waals surface area contributed by atoms with E-state index in [1.54, 1.807) is 24.3 Å². The van der Waals surface area contributed by atoms with Crippen molar-refractivity contribution in [3.8, 4) is 95.0 Å². The number of hydrogen-bond acceptors (Lipinski definition) is 6. The number of aromatic hydroxyl groups is 2. The van der Waals surface area contributed by atoms with E-state index in [-0.39, 0.29) is 22.9 Å². The Kier molecular flexibility index (Phi) is 7.78. The van der Waals surface area contributed by atoms with Crippen LogP contribution in [0.3, 0.4) is 0 Å². The van der Waals surface area contributed by atoms with Gasteiger partial charge >= 0.3 is 0 Å². The van der Waals surface area contributed by atoms with E-state index in [0.717, 1.165) is 33.4 Å². The topological polar surface area (TPSA) is 111 Å². The molecule has 6 nitrogen and oxygen atoms in total. The Morgan fingerprint density at radius 2 is 0.784 bits per heavy atom. The van der Waals surface area contributed by atoms with Crippen molar-refractivity contribution in [2.75, 3.05) is 11.5 Å². The fourth-order valence-corrected chi connectivity index (χ4v) is 6.67. The molecule has 6 heteroatoms. The number of rotatable bonds is 6. The van der Waals surface area contributed by atoms with Crippen LogP contribution in [-0.4, -0.2) is 10.2 Å². The molecule has 6 N–H and O–H groups in total. The fraction of sp³-hybridized carbons (Fsp3) is 0.0222. The molecule has 6 aromatic carbocycles. The summed E-state index contributed by atoms with van der Waals surface area (Å²) in [5.41, 5.74) is 18.6. The number of phenols is 2. The van der Waals surface area contributed by atoms with Gasteiger partial charge in [0.1, 0.15) is 34.5 Å². The Morgan fingerprint density at radius 1 is 0.451 bits per heavy atom. The summed E-state index contributed by atoms with van der Waals surface area (Å²) in [4.78, 5) is 0. The Labute approximate surface area is 295 Å². The van der Waals surface area contributed by atoms with E-state index < -0.39 is 5.41 Å². The third-order valence-corrected chi connectivity index (χ3v) is 9.09. The largest absolute Gasteiger partial charge is 0.506 e. The standard InChI is InChI=1S/C45H28N2O4/c1-5-27-21-37-38-22-28(6-2)30(8-4)24-40(38)45(39(37)23-29(27)7-3,31-9-13-33(14-10-31)50-35-17-19-41(46)43(48)25-35)32-11-15-34(16-12-32)51-36-18-20-42(47)44(49)26-36/h1-4,9-26,48-49H,46-47H2. The molecule has 0 bridgehead atoms. The van der Waals surface area contributed by atoms with E-state index in [2.05, 4.69) is 23.7 Å². The molecule has 0 aromatic heterocycles. The Hall–Kier alpha value is -7.64. The molecule has 0 radical (unpaired) electrons. The van der Waals surface area contributed by atoms with Crippen LogP contribution in [0, 0.1) is 49.4 Å². The molecule has 0 aliphatic heterocycles. The number of phenolic OH excluding ortho intramolecular Hbond substituents is 2. The second kappa shape index (κ2) is 12.4. The predicted molar refractivity (Wildman–Crippen MR) is 201 cm³/mol. The summed E-state index contributed by atoms with van der Waals surface area (Å²) in [5.74, 6) is 12.8. The number of anilines is 2. The molecule has 0 amide bonds. The van der Waals surface area contributed by atoms with Crippen LogP contribution in [0.5, 0.6) is 34.5 Å². The summed E-state index contributed by atoms with van der Waals surface area (Å²) in [6.07, 6.45) is 24.0. The molecule has 0 fully saturated rings. The predicted octanol–water partition coefficient (Wildman–Crippen LogP) is 8.14. The third-order valence-electron chi connectivity index (χ3n) is 9.09. The number of ether oxygens (including phenoxy) is 2. The van der Waals surface area contributed by atoms with Crippen molar-refractivity contribution in [3.05, 3.63) is 154 Å². The average molecular weight is 661 g/mol. The zero-order chi connectivity index (χ0) is 35.9. The second-order valence-corrected chi connectivity index (χ2v) is 11.9. The van der Waals surface area contributed by atoms with Crippen molar-refractivity contribution in [2.45, 2.75) is 5.41 Å². The normalized spacial score (nSPS) is 11.9. The first kappa shape index (κ1) is 31.9. The number of nitrogen functional groups attached to an aromatic ring is 2. The molecule has 242 valence electrons. The molecule has 0 spiro atoms. The van der Waals surface area contributed by atoms with E-state index in [0.29, 0.717) is 45.3 Å². The zero-order valence-electron chi connectivity index (χ0n) is 27.1. The van der Waals surface area contributed by atoms with Crippen molar-refractivity contribution >= 4 is 11.4 Å². The monoisotopic (exact) mass is 660 g/mol. The first-order chi connectivity index (χ1) is 24.7. The van der Waals surface area contributed by atoms with Gasteiger partial charge in [-0.15, -0.1) is 25.7 Å². The molecule has 1 aliphatic carbocycles. The lowest BCUT2D eigenvalue weighted by atomic mass is 9.67. The van der Waals surface area contributed by atoms with Gasteiger partial charge in [0, 0.05) is 34.4 Å². The molecule has 0 saturated heterocycles. The van der Waals surface area contributed by atoms with Gasteiger partial charge in [-0.05, 0) is 106 Å². The van der Waals surface area contributed by atoms with Crippen molar-refractivity contribution in [2.24, 2.45) is 0 Å². The Bertz CT molecular complexity index is 2380. The number of fused-ring (bicyclic) bond motifs is 3. The van der Waals surface area contributed by atoms with Crippen molar-refractivity contribution in [3.63, 3.8) is 0 Å². The highest BCUT2D eigenvalue weighted by atomic mass is 16.5. The molecule has 51 heavy (non-hydrogen) atoms. The van der Waals surface area contributed by atoms with Crippen LogP contribution < -0.4 is 20.9 Å². The van der Waals surface area contributed by atoms with Crippen LogP contribution in [0.4, 0.5) is 11.4 Å². The number of hydrogen-bond donors (Lipinski definition) is 4. The first-order valence-corrected chi connectivity index (χ1v) is 15.7. The summed E-state index contributed by atoms with van der Waals surface area (Å²) in [6, 6.07) is 32.5. The van der Waals surface area contributed by atoms with Gasteiger partial charge in [0.15, 0.2) is 0 Å². The molecule has 6 aromatic rings. The van der Waals surface area contributed by atoms with E-state index in [1.807, 2.05) is 72.8 Å². The number of nitrogens with two attached hydrogens (primary N) is 2. The molecular formula is C45H28N2O4. The SMILES string of the molecule is C#Cc1cc2c(cc1C#C)C(c1ccc(Oc3ccc(N)c(O)c3)cc1)(c1ccc(Oc3ccc(N)c(O)c3)cc1)c1cc(C#C)c(C#C)cc1-2. The summed E-state index contributed by atoms with van der Waals surface area (Å²) in [5, 5.41) is 20.2. The highest BCUT2D eigenvalue weighted by molar-refractivity contribution is 5.89. The number of terminal acetylenes is 4. The minimum atomic E-state index is -0.960. The molecule has 0 atom stereocenters. The molecular weight excluding hydrogens is 633 g/mol. The molecule has 1 aliphatic rings. The van der Waals surface area contributed by atoms with E-state index in [9.17, 15) is 10.2 Å². The Balaban J connectivity index is 1.46. The molecule has 0 heterocycles. The summed E-state index contributed by atoms with van der Waals surface area (Å²) in [7, 11) is 0. The van der Waals surface area contributed by atoms with Gasteiger partial charge in [0.05, 0.1) is 16.8 Å². The first-order valence-electron chi connectivity index (χ1n) is 15.7. The number of benzene rings is 6. The maximum atomic E-state index is 10.1. The maximum absolute atomic E-state index is 10.1. The fourth-order valence-electron chi connectivity index (χ4n) is 6.67. The summed E-state index contributed by atoms with van der Waals surface area (Å²) >= 11 is 0. The van der Waals surface area contributed by atoms with Crippen molar-refractivity contribution in [1.82, 2.24) is 0 Å². The van der Waals surface area contributed by atoms with Crippen LogP contribution in [-0.2, 0) is 5.41 Å². The van der Waals surface area contributed by atoms with Gasteiger partial charge in [-0.2, -0.15) is 0 Å². The highest BCUT2D eigenvalue weighted by Crippen LogP contribution is 2.57. The lowest BCUT2D eigenvalue weighted by Gasteiger charge is -2.34. The lowest BCUT2D eigenvalue weighted by Crippen LogP contribution is -2.29. The zero-order valence-corrected chi connectivity index (χ0v) is 27.1. The van der Waals surface area contributed by atoms with Crippen LogP contribution in [0.15, 0.2) is 109 Å². The van der Waals surface area contributed by atoms with Crippen molar-refractivity contribution < 1.29 is 19.7 Å². The third kappa shape index (κ3) is 5.28. The summed E-state index contributed by atoms with van der Waals surface area (Å²) in [6.45, 7) is 0. The minimum Gasteiger partial charge on any atom is -0.506 e. The van der Waals surface area contributed by atoms with E-state index >= 15 is 0 Å². The smallest absolute Gasteiger partial charge is 0.142 e. The quantitative estimate of drug-likeness (QED) is 0.0815. The van der Waals surface area contributed by atoms with E-state index in [4.69, 9.17) is 46.6 Å². The minimum absolute atomic E-state index is 0.0748. The van der Waals surface area contributed by atoms with Gasteiger partial charge in [0.2, 0.25) is 0 Å². The summed E-state index contributed by atoms with van der Waals surface area (Å²) < 4.78 is 12.2. The Morgan fingerprint density at radius 3 is 1.12 bits per heavy atom. The maximum Gasteiger partial charge on any atom is 0.142 e. The van der Waals surface area contributed by atoms with Gasteiger partial charge in [-0.1, -0.05) is 47.9 Å². The molecule has 7 rings (SSSR count). The van der Waals surface area contributed by atoms with Crippen LogP contribution in [0.2, 0.25) is 0 Å². The second-order valence-electron chi connectivity index (χ2n) is 11.9. The van der Waals surface area contributed by atoms with Gasteiger partial charge in [0.25, 0.3) is 0 Å². The van der Waals surface area contributed by atoms with Crippen molar-refractivity contribution in [1.29, 1.82) is 0 Å². The van der Waals surface area contributed by atoms with Crippen LogP contribution >= 0.6 is 0 Å². The molecule has 0 unspecified atom stereocenters. The van der Waals surface area contributed by atoms with Gasteiger partial charge < -0.3 is 31.2 Å². The van der Waals surface area contributed by atoms with Gasteiger partial charge in [-0.25, -0.2) is 0 Å². The van der Waals surface area contributed by atoms with E-state index in [1.165, 1.54) is 12.1 Å². The van der Waals surface area contributed by atoms with Gasteiger partial charge in [-0.3, -0.25) is 0 Å². The highest BCUT2D eigenvalue weighted by Gasteiger charge is 2.47. The van der Waals surface area contributed by atoms with Crippen LogP contribution in [0.1, 0.15) is 44.5 Å². The average Bonchev–Trinajstić information content (AvgIpc) is 3.42.